The summed E-state index contributed by atoms with van der Waals surface area (Å²) in [6.45, 7) is 0.566. The molecule has 0 saturated heterocycles. The number of nitrogens with two attached hydrogens (primary N) is 1. The number of rotatable bonds is 4. The van der Waals surface area contributed by atoms with Crippen LogP contribution in [0.2, 0.25) is 5.02 Å². The van der Waals surface area contributed by atoms with Crippen molar-refractivity contribution in [3.05, 3.63) is 59.0 Å². The largest absolute Gasteiger partial charge is 0.360 e. The van der Waals surface area contributed by atoms with Crippen molar-refractivity contribution in [3.63, 3.8) is 0 Å². The molecule has 0 spiro atoms. The van der Waals surface area contributed by atoms with Crippen molar-refractivity contribution in [1.82, 2.24) is 4.98 Å². The second kappa shape index (κ2) is 6.10. The standard InChI is InChI=1S/C16H14ClFN2S/c17-11-1-4-15(10(7-11)5-6-19)21-16-9-20-14-3-2-12(18)8-13(14)16/h1-4,7-9,20H,5-6,19H2. The fourth-order valence-electron chi connectivity index (χ4n) is 2.27. The zero-order chi connectivity index (χ0) is 14.8. The Hall–Kier alpha value is -1.49. The highest BCUT2D eigenvalue weighted by Crippen LogP contribution is 2.36. The van der Waals surface area contributed by atoms with E-state index >= 15 is 0 Å². The van der Waals surface area contributed by atoms with E-state index in [0.29, 0.717) is 11.6 Å². The molecule has 1 heterocycles. The van der Waals surface area contributed by atoms with E-state index in [9.17, 15) is 4.39 Å². The van der Waals surface area contributed by atoms with E-state index in [4.69, 9.17) is 17.3 Å². The minimum absolute atomic E-state index is 0.234. The van der Waals surface area contributed by atoms with E-state index in [1.54, 1.807) is 23.9 Å². The second-order valence-corrected chi connectivity index (χ2v) is 6.26. The molecule has 3 rings (SSSR count). The number of nitrogens with one attached hydrogen (secondary N) is 1. The first-order chi connectivity index (χ1) is 10.2. The minimum atomic E-state index is -0.234. The van der Waals surface area contributed by atoms with Gasteiger partial charge >= 0.3 is 0 Å². The van der Waals surface area contributed by atoms with Gasteiger partial charge in [0, 0.05) is 31.9 Å². The third kappa shape index (κ3) is 3.07. The third-order valence-corrected chi connectivity index (χ3v) is 4.67. The molecule has 0 unspecified atom stereocenters. The van der Waals surface area contributed by atoms with Gasteiger partial charge in [0.25, 0.3) is 0 Å². The predicted octanol–water partition coefficient (Wildman–Crippen LogP) is 4.61. The third-order valence-electron chi connectivity index (χ3n) is 3.26. The molecule has 0 aliphatic rings. The van der Waals surface area contributed by atoms with Gasteiger partial charge in [-0.25, -0.2) is 4.39 Å². The lowest BCUT2D eigenvalue weighted by atomic mass is 10.1. The average Bonchev–Trinajstić information content (AvgIpc) is 2.84. The van der Waals surface area contributed by atoms with Crippen molar-refractivity contribution < 1.29 is 4.39 Å². The van der Waals surface area contributed by atoms with Crippen LogP contribution in [-0.4, -0.2) is 11.5 Å². The summed E-state index contributed by atoms with van der Waals surface area (Å²) in [7, 11) is 0. The molecule has 0 bridgehead atoms. The fourth-order valence-corrected chi connectivity index (χ4v) is 3.53. The molecule has 0 amide bonds. The zero-order valence-electron chi connectivity index (χ0n) is 11.2. The quantitative estimate of drug-likeness (QED) is 0.737. The molecule has 0 saturated carbocycles. The molecule has 0 fully saturated rings. The molecular formula is C16H14ClFN2S. The van der Waals surface area contributed by atoms with Crippen LogP contribution in [0.5, 0.6) is 0 Å². The number of hydrogen-bond acceptors (Lipinski definition) is 2. The maximum absolute atomic E-state index is 13.4. The molecule has 2 aromatic carbocycles. The Morgan fingerprint density at radius 3 is 2.81 bits per heavy atom. The van der Waals surface area contributed by atoms with E-state index in [1.165, 1.54) is 6.07 Å². The van der Waals surface area contributed by atoms with Gasteiger partial charge in [-0.2, -0.15) is 0 Å². The van der Waals surface area contributed by atoms with Crippen LogP contribution in [0.1, 0.15) is 5.56 Å². The molecule has 108 valence electrons. The molecule has 0 radical (unpaired) electrons. The molecule has 3 N–H and O–H groups in total. The number of aromatic nitrogens is 1. The Morgan fingerprint density at radius 2 is 2.00 bits per heavy atom. The van der Waals surface area contributed by atoms with Gasteiger partial charge in [0.15, 0.2) is 0 Å². The van der Waals surface area contributed by atoms with Gasteiger partial charge in [0.1, 0.15) is 5.82 Å². The van der Waals surface area contributed by atoms with Crippen LogP contribution in [-0.2, 0) is 6.42 Å². The molecule has 3 aromatic rings. The van der Waals surface area contributed by atoms with Gasteiger partial charge in [-0.3, -0.25) is 0 Å². The molecule has 0 aliphatic carbocycles. The summed E-state index contributed by atoms with van der Waals surface area (Å²) in [5.74, 6) is -0.234. The molecule has 1 aromatic heterocycles. The van der Waals surface area contributed by atoms with Crippen LogP contribution < -0.4 is 5.73 Å². The lowest BCUT2D eigenvalue weighted by Gasteiger charge is -2.08. The van der Waals surface area contributed by atoms with Gasteiger partial charge in [-0.15, -0.1) is 0 Å². The topological polar surface area (TPSA) is 41.8 Å². The van der Waals surface area contributed by atoms with Crippen LogP contribution in [0.3, 0.4) is 0 Å². The Labute approximate surface area is 131 Å². The van der Waals surface area contributed by atoms with Crippen molar-refractivity contribution >= 4 is 34.3 Å². The number of halogens is 2. The lowest BCUT2D eigenvalue weighted by molar-refractivity contribution is 0.629. The van der Waals surface area contributed by atoms with Crippen LogP contribution >= 0.6 is 23.4 Å². The highest BCUT2D eigenvalue weighted by Gasteiger charge is 2.10. The Bertz CT molecular complexity index is 785. The van der Waals surface area contributed by atoms with Crippen molar-refractivity contribution in [3.8, 4) is 0 Å². The van der Waals surface area contributed by atoms with Gasteiger partial charge in [0.2, 0.25) is 0 Å². The number of hydrogen-bond donors (Lipinski definition) is 2. The molecule has 21 heavy (non-hydrogen) atoms. The molecular weight excluding hydrogens is 307 g/mol. The first-order valence-electron chi connectivity index (χ1n) is 6.60. The van der Waals surface area contributed by atoms with Crippen LogP contribution in [0.15, 0.2) is 52.4 Å². The molecule has 2 nitrogen and oxygen atoms in total. The molecule has 0 atom stereocenters. The smallest absolute Gasteiger partial charge is 0.123 e. The summed E-state index contributed by atoms with van der Waals surface area (Å²) in [6.07, 6.45) is 2.66. The molecule has 5 heteroatoms. The molecule has 0 aliphatic heterocycles. The minimum Gasteiger partial charge on any atom is -0.360 e. The van der Waals surface area contributed by atoms with Crippen molar-refractivity contribution in [2.75, 3.05) is 6.54 Å². The van der Waals surface area contributed by atoms with Gasteiger partial charge in [0.05, 0.1) is 0 Å². The summed E-state index contributed by atoms with van der Waals surface area (Å²) in [4.78, 5) is 5.24. The highest BCUT2D eigenvalue weighted by atomic mass is 35.5. The summed E-state index contributed by atoms with van der Waals surface area (Å²) >= 11 is 7.64. The normalized spacial score (nSPS) is 11.2. The average molecular weight is 321 g/mol. The Kier molecular flexibility index (Phi) is 4.19. The highest BCUT2D eigenvalue weighted by molar-refractivity contribution is 7.99. The summed E-state index contributed by atoms with van der Waals surface area (Å²) in [5.41, 5.74) is 7.69. The maximum atomic E-state index is 13.4. The van der Waals surface area contributed by atoms with Crippen LogP contribution in [0.4, 0.5) is 4.39 Å². The lowest BCUT2D eigenvalue weighted by Crippen LogP contribution is -2.03. The van der Waals surface area contributed by atoms with E-state index < -0.39 is 0 Å². The first-order valence-corrected chi connectivity index (χ1v) is 7.80. The SMILES string of the molecule is NCCc1cc(Cl)ccc1Sc1c[nH]c2ccc(F)cc12. The zero-order valence-corrected chi connectivity index (χ0v) is 12.8. The van der Waals surface area contributed by atoms with Crippen molar-refractivity contribution in [1.29, 1.82) is 0 Å². The van der Waals surface area contributed by atoms with Gasteiger partial charge < -0.3 is 10.7 Å². The Morgan fingerprint density at radius 1 is 1.14 bits per heavy atom. The van der Waals surface area contributed by atoms with Gasteiger partial charge in [-0.1, -0.05) is 23.4 Å². The van der Waals surface area contributed by atoms with E-state index in [2.05, 4.69) is 4.98 Å². The van der Waals surface area contributed by atoms with Crippen LogP contribution in [0.25, 0.3) is 10.9 Å². The summed E-state index contributed by atoms with van der Waals surface area (Å²) in [5, 5.41) is 1.58. The Balaban J connectivity index is 2.00. The second-order valence-electron chi connectivity index (χ2n) is 4.74. The summed E-state index contributed by atoms with van der Waals surface area (Å²) < 4.78 is 13.4. The number of H-pyrrole nitrogens is 1. The number of benzene rings is 2. The fraction of sp³-hybridized carbons (Fsp3) is 0.125. The van der Waals surface area contributed by atoms with Crippen molar-refractivity contribution in [2.45, 2.75) is 16.2 Å². The summed E-state index contributed by atoms with van der Waals surface area (Å²) in [6, 6.07) is 10.5. The monoisotopic (exact) mass is 320 g/mol. The van der Waals surface area contributed by atoms with Crippen LogP contribution in [0, 0.1) is 5.82 Å². The van der Waals surface area contributed by atoms with Gasteiger partial charge in [-0.05, 0) is 54.9 Å². The number of aromatic amines is 1. The van der Waals surface area contributed by atoms with E-state index in [1.807, 2.05) is 24.4 Å². The predicted molar refractivity (Wildman–Crippen MR) is 86.6 cm³/mol. The van der Waals surface area contributed by atoms with E-state index in [-0.39, 0.29) is 5.82 Å². The maximum Gasteiger partial charge on any atom is 0.123 e. The van der Waals surface area contributed by atoms with E-state index in [0.717, 1.165) is 32.7 Å². The first kappa shape index (κ1) is 14.4. The number of fused-ring (bicyclic) bond motifs is 1. The van der Waals surface area contributed by atoms with Crippen molar-refractivity contribution in [2.24, 2.45) is 5.73 Å².